The lowest BCUT2D eigenvalue weighted by molar-refractivity contribution is -0.160. The number of ketones is 1. The molecule has 0 aliphatic carbocycles. The molecule has 3 atom stereocenters. The lowest BCUT2D eigenvalue weighted by Gasteiger charge is -2.31. The highest BCUT2D eigenvalue weighted by Crippen LogP contribution is 2.35. The molecular formula is C55H95NO4. The summed E-state index contributed by atoms with van der Waals surface area (Å²) in [5, 5.41) is 3.23. The normalized spacial score (nSPS) is 13.4. The smallest absolute Gasteiger partial charge is 0.306 e. The second-order valence-corrected chi connectivity index (χ2v) is 18.5. The number of allylic oxidation sites excluding steroid dienone is 2. The second-order valence-electron chi connectivity index (χ2n) is 18.5. The van der Waals surface area contributed by atoms with Crippen LogP contribution in [0.4, 0.5) is 0 Å². The molecule has 0 heterocycles. The molecule has 0 bridgehead atoms. The standard InChI is InChI=1S/C55H95NO4/c1-12-18-22-24-31-47(29-20-14-3)35-33-44(7)42-55(10,43-52(57)37-36-48(30-21-15-4)32-25-23-19-13-2)60-53(58)38-34-46(9)59-54-49(16-5)40-51(41-50(54)17-6)45(8)28-26-27-39-56-11/h40-41,47-48,56H,7-9,12-39,42-43H2,1-6,10-11H3. The van der Waals surface area contributed by atoms with Crippen LogP contribution in [0.15, 0.2) is 43.2 Å². The van der Waals surface area contributed by atoms with Crippen LogP contribution < -0.4 is 10.1 Å². The molecule has 0 aliphatic heterocycles. The van der Waals surface area contributed by atoms with Crippen molar-refractivity contribution in [1.29, 1.82) is 0 Å². The van der Waals surface area contributed by atoms with Crippen molar-refractivity contribution in [2.75, 3.05) is 13.6 Å². The molecule has 5 nitrogen and oxygen atoms in total. The van der Waals surface area contributed by atoms with Crippen molar-refractivity contribution >= 4 is 17.3 Å². The third kappa shape index (κ3) is 24.7. The average Bonchev–Trinajstić information content (AvgIpc) is 3.22. The number of unbranched alkanes of at least 4 members (excludes halogenated alkanes) is 9. The van der Waals surface area contributed by atoms with Crippen LogP contribution in [-0.4, -0.2) is 30.9 Å². The number of ether oxygens (including phenoxy) is 2. The topological polar surface area (TPSA) is 64.6 Å². The van der Waals surface area contributed by atoms with Gasteiger partial charge in [-0.1, -0.05) is 170 Å². The highest BCUT2D eigenvalue weighted by molar-refractivity contribution is 5.80. The molecule has 0 aliphatic rings. The van der Waals surface area contributed by atoms with E-state index in [1.165, 1.54) is 108 Å². The van der Waals surface area contributed by atoms with E-state index in [9.17, 15) is 9.59 Å². The van der Waals surface area contributed by atoms with Crippen LogP contribution in [0.5, 0.6) is 5.75 Å². The van der Waals surface area contributed by atoms with Gasteiger partial charge in [-0.15, -0.1) is 0 Å². The number of nitrogens with one attached hydrogen (secondary N) is 1. The minimum Gasteiger partial charge on any atom is -0.462 e. The highest BCUT2D eigenvalue weighted by atomic mass is 16.6. The van der Waals surface area contributed by atoms with E-state index in [1.807, 2.05) is 14.0 Å². The van der Waals surface area contributed by atoms with Gasteiger partial charge in [0.2, 0.25) is 0 Å². The SMILES string of the molecule is C=C(CCC(CCCC)CCCCCC)CC(C)(CC(=O)CCC(CCCC)CCCCCC)OC(=O)CCC(=C)Oc1c(CC)cc(C(=C)CCCCNC)cc1CC. The van der Waals surface area contributed by atoms with E-state index >= 15 is 0 Å². The fourth-order valence-electron chi connectivity index (χ4n) is 8.76. The molecule has 0 saturated carbocycles. The Labute approximate surface area is 371 Å². The van der Waals surface area contributed by atoms with E-state index in [0.29, 0.717) is 36.9 Å². The van der Waals surface area contributed by atoms with Gasteiger partial charge in [0.1, 0.15) is 17.1 Å². The van der Waals surface area contributed by atoms with Gasteiger partial charge >= 0.3 is 5.97 Å². The van der Waals surface area contributed by atoms with Crippen LogP contribution in [0.25, 0.3) is 5.57 Å². The van der Waals surface area contributed by atoms with Gasteiger partial charge in [-0.2, -0.15) is 0 Å². The Balaban J connectivity index is 3.09. The van der Waals surface area contributed by atoms with Crippen molar-refractivity contribution in [3.05, 3.63) is 59.9 Å². The number of Topliss-reactive ketones (excluding diaryl/α,β-unsaturated/α-hetero) is 1. The Bertz CT molecular complexity index is 1290. The molecule has 1 rings (SSSR count). The van der Waals surface area contributed by atoms with Crippen LogP contribution in [-0.2, 0) is 27.2 Å². The lowest BCUT2D eigenvalue weighted by Crippen LogP contribution is -2.35. The van der Waals surface area contributed by atoms with Crippen molar-refractivity contribution in [3.8, 4) is 5.75 Å². The number of esters is 1. The number of rotatable bonds is 40. The highest BCUT2D eigenvalue weighted by Gasteiger charge is 2.33. The molecule has 5 heteroatoms. The number of carbonyl (C=O) groups is 2. The van der Waals surface area contributed by atoms with Gasteiger partial charge in [-0.05, 0) is 118 Å². The van der Waals surface area contributed by atoms with Crippen molar-refractivity contribution in [2.45, 2.75) is 240 Å². The van der Waals surface area contributed by atoms with E-state index in [1.54, 1.807) is 0 Å². The van der Waals surface area contributed by atoms with Gasteiger partial charge in [0.15, 0.2) is 0 Å². The maximum atomic E-state index is 13.8. The Kier molecular flexibility index (Phi) is 31.3. The molecule has 0 spiro atoms. The first kappa shape index (κ1) is 55.4. The molecule has 344 valence electrons. The summed E-state index contributed by atoms with van der Waals surface area (Å²) in [6.07, 6.45) is 29.6. The lowest BCUT2D eigenvalue weighted by atomic mass is 9.84. The number of benzene rings is 1. The van der Waals surface area contributed by atoms with Crippen LogP contribution in [0.2, 0.25) is 0 Å². The molecule has 0 saturated heterocycles. The zero-order valence-electron chi connectivity index (χ0n) is 40.8. The van der Waals surface area contributed by atoms with Gasteiger partial charge < -0.3 is 14.8 Å². The van der Waals surface area contributed by atoms with Crippen molar-refractivity contribution in [1.82, 2.24) is 5.32 Å². The summed E-state index contributed by atoms with van der Waals surface area (Å²) in [5.74, 6) is 2.56. The first-order chi connectivity index (χ1) is 28.9. The van der Waals surface area contributed by atoms with E-state index < -0.39 is 5.60 Å². The van der Waals surface area contributed by atoms with E-state index in [2.05, 4.69) is 78.7 Å². The summed E-state index contributed by atoms with van der Waals surface area (Å²) in [5.41, 5.74) is 4.75. The van der Waals surface area contributed by atoms with Crippen LogP contribution in [0.3, 0.4) is 0 Å². The van der Waals surface area contributed by atoms with E-state index in [0.717, 1.165) is 85.9 Å². The zero-order valence-corrected chi connectivity index (χ0v) is 40.8. The quantitative estimate of drug-likeness (QED) is 0.0309. The molecule has 1 N–H and O–H groups in total. The van der Waals surface area contributed by atoms with Crippen LogP contribution >= 0.6 is 0 Å². The minimum absolute atomic E-state index is 0.146. The first-order valence-corrected chi connectivity index (χ1v) is 25.1. The molecule has 0 amide bonds. The molecule has 0 aromatic heterocycles. The third-order valence-corrected chi connectivity index (χ3v) is 12.6. The zero-order chi connectivity index (χ0) is 44.6. The summed E-state index contributed by atoms with van der Waals surface area (Å²) >= 11 is 0. The Morgan fingerprint density at radius 1 is 0.617 bits per heavy atom. The Morgan fingerprint density at radius 3 is 1.67 bits per heavy atom. The largest absolute Gasteiger partial charge is 0.462 e. The number of hydrogen-bond acceptors (Lipinski definition) is 5. The molecular weight excluding hydrogens is 739 g/mol. The van der Waals surface area contributed by atoms with Gasteiger partial charge in [0, 0.05) is 25.7 Å². The number of hydrogen-bond donors (Lipinski definition) is 1. The third-order valence-electron chi connectivity index (χ3n) is 12.6. The maximum Gasteiger partial charge on any atom is 0.306 e. The predicted molar refractivity (Wildman–Crippen MR) is 261 cm³/mol. The molecule has 3 unspecified atom stereocenters. The van der Waals surface area contributed by atoms with E-state index in [-0.39, 0.29) is 24.6 Å². The second kappa shape index (κ2) is 33.9. The van der Waals surface area contributed by atoms with Crippen molar-refractivity contribution < 1.29 is 19.1 Å². The van der Waals surface area contributed by atoms with Gasteiger partial charge in [0.25, 0.3) is 0 Å². The fourth-order valence-corrected chi connectivity index (χ4v) is 8.76. The monoisotopic (exact) mass is 834 g/mol. The van der Waals surface area contributed by atoms with Crippen LogP contribution in [0.1, 0.15) is 239 Å². The van der Waals surface area contributed by atoms with Crippen molar-refractivity contribution in [2.24, 2.45) is 11.8 Å². The summed E-state index contributed by atoms with van der Waals surface area (Å²) in [4.78, 5) is 27.5. The predicted octanol–water partition coefficient (Wildman–Crippen LogP) is 16.2. The van der Waals surface area contributed by atoms with E-state index in [4.69, 9.17) is 9.47 Å². The average molecular weight is 834 g/mol. The van der Waals surface area contributed by atoms with Gasteiger partial charge in [-0.25, -0.2) is 0 Å². The Morgan fingerprint density at radius 2 is 1.15 bits per heavy atom. The molecule has 1 aromatic carbocycles. The summed E-state index contributed by atoms with van der Waals surface area (Å²) in [6, 6.07) is 4.42. The van der Waals surface area contributed by atoms with Crippen LogP contribution in [0, 0.1) is 11.8 Å². The number of carbonyl (C=O) groups excluding carboxylic acids is 2. The van der Waals surface area contributed by atoms with Gasteiger partial charge in [0.05, 0.1) is 12.2 Å². The van der Waals surface area contributed by atoms with Crippen molar-refractivity contribution in [3.63, 3.8) is 0 Å². The fraction of sp³-hybridized carbons (Fsp3) is 0.745. The minimum atomic E-state index is -0.927. The summed E-state index contributed by atoms with van der Waals surface area (Å²) in [7, 11) is 1.99. The maximum absolute atomic E-state index is 13.8. The molecule has 60 heavy (non-hydrogen) atoms. The molecule has 0 radical (unpaired) electrons. The molecule has 0 fully saturated rings. The molecule has 1 aromatic rings. The van der Waals surface area contributed by atoms with Gasteiger partial charge in [-0.3, -0.25) is 9.59 Å². The Hall–Kier alpha value is -2.66. The number of aryl methyl sites for hydroxylation is 2. The first-order valence-electron chi connectivity index (χ1n) is 25.1. The summed E-state index contributed by atoms with van der Waals surface area (Å²) in [6.45, 7) is 29.5. The summed E-state index contributed by atoms with van der Waals surface area (Å²) < 4.78 is 12.8.